The number of hydrogen-bond acceptors (Lipinski definition) is 3. The molecule has 0 amide bonds. The molecule has 0 aliphatic rings. The van der Waals surface area contributed by atoms with Crippen molar-refractivity contribution in [1.82, 2.24) is 9.88 Å². The van der Waals surface area contributed by atoms with Crippen LogP contribution in [0.2, 0.25) is 0 Å². The van der Waals surface area contributed by atoms with Crippen LogP contribution in [0, 0.1) is 6.92 Å². The molecule has 0 spiro atoms. The number of aliphatic imine (C=N–C) groups is 1. The molecule has 0 saturated heterocycles. The van der Waals surface area contributed by atoms with Gasteiger partial charge < -0.3 is 15.0 Å². The van der Waals surface area contributed by atoms with Gasteiger partial charge in [0.15, 0.2) is 5.88 Å². The Hall–Kier alpha value is -1.81. The summed E-state index contributed by atoms with van der Waals surface area (Å²) in [6.07, 6.45) is 1.75. The maximum atomic E-state index is 9.88. The number of benzene rings is 1. The minimum Gasteiger partial charge on any atom is -0.494 e. The van der Waals surface area contributed by atoms with Crippen LogP contribution in [0.4, 0.5) is 0 Å². The minimum atomic E-state index is 0.184. The zero-order chi connectivity index (χ0) is 13.1. The minimum absolute atomic E-state index is 0.184. The molecule has 0 aliphatic carbocycles. The van der Waals surface area contributed by atoms with Crippen molar-refractivity contribution in [3.63, 3.8) is 0 Å². The van der Waals surface area contributed by atoms with Crippen LogP contribution in [-0.4, -0.2) is 48.4 Å². The molecule has 4 heteroatoms. The van der Waals surface area contributed by atoms with E-state index in [1.54, 1.807) is 6.21 Å². The van der Waals surface area contributed by atoms with Crippen LogP contribution < -0.4 is 0 Å². The molecule has 0 radical (unpaired) electrons. The number of likely N-dealkylation sites (N-methyl/N-ethyl adjacent to an activating group) is 1. The quantitative estimate of drug-likeness (QED) is 0.811. The van der Waals surface area contributed by atoms with Gasteiger partial charge in [-0.3, -0.25) is 4.99 Å². The third-order valence-corrected chi connectivity index (χ3v) is 2.87. The van der Waals surface area contributed by atoms with Crippen LogP contribution >= 0.6 is 0 Å². The van der Waals surface area contributed by atoms with E-state index >= 15 is 0 Å². The zero-order valence-electron chi connectivity index (χ0n) is 11.1. The lowest BCUT2D eigenvalue weighted by molar-refractivity contribution is 0.421. The van der Waals surface area contributed by atoms with Crippen molar-refractivity contribution in [3.05, 3.63) is 29.3 Å². The van der Waals surface area contributed by atoms with E-state index in [2.05, 4.69) is 20.9 Å². The summed E-state index contributed by atoms with van der Waals surface area (Å²) < 4.78 is 0. The van der Waals surface area contributed by atoms with Crippen LogP contribution in [0.3, 0.4) is 0 Å². The smallest absolute Gasteiger partial charge is 0.198 e. The van der Waals surface area contributed by atoms with E-state index < -0.39 is 0 Å². The lowest BCUT2D eigenvalue weighted by Gasteiger charge is -2.05. The number of hydrogen-bond donors (Lipinski definition) is 2. The van der Waals surface area contributed by atoms with Crippen LogP contribution in [-0.2, 0) is 0 Å². The van der Waals surface area contributed by atoms with E-state index in [9.17, 15) is 5.11 Å². The standard InChI is InChI=1S/C14H19N3O/c1-10-4-5-13-11(8-10)12(14(18)16-13)9-15-6-7-17(2)3/h4-5,8-9,16,18H,6-7H2,1-3H3. The van der Waals surface area contributed by atoms with Gasteiger partial charge in [0.2, 0.25) is 0 Å². The summed E-state index contributed by atoms with van der Waals surface area (Å²) in [6.45, 7) is 3.67. The second-order valence-corrected chi connectivity index (χ2v) is 4.77. The maximum absolute atomic E-state index is 9.88. The number of H-pyrrole nitrogens is 1. The van der Waals surface area contributed by atoms with Crippen LogP contribution in [0.5, 0.6) is 5.88 Å². The van der Waals surface area contributed by atoms with E-state index in [1.807, 2.05) is 33.2 Å². The first-order valence-electron chi connectivity index (χ1n) is 6.04. The Labute approximate surface area is 107 Å². The monoisotopic (exact) mass is 245 g/mol. The molecular weight excluding hydrogens is 226 g/mol. The molecule has 0 bridgehead atoms. The van der Waals surface area contributed by atoms with Gasteiger partial charge in [-0.1, -0.05) is 11.6 Å². The van der Waals surface area contributed by atoms with E-state index in [0.717, 1.165) is 29.6 Å². The summed E-state index contributed by atoms with van der Waals surface area (Å²) in [5, 5.41) is 10.9. The van der Waals surface area contributed by atoms with Gasteiger partial charge in [-0.05, 0) is 33.2 Å². The molecule has 1 heterocycles. The highest BCUT2D eigenvalue weighted by molar-refractivity contribution is 6.02. The van der Waals surface area contributed by atoms with Gasteiger partial charge in [-0.15, -0.1) is 0 Å². The molecule has 4 nitrogen and oxygen atoms in total. The Morgan fingerprint density at radius 1 is 1.39 bits per heavy atom. The van der Waals surface area contributed by atoms with Crippen molar-refractivity contribution in [2.75, 3.05) is 27.2 Å². The second-order valence-electron chi connectivity index (χ2n) is 4.77. The van der Waals surface area contributed by atoms with Crippen molar-refractivity contribution >= 4 is 17.1 Å². The first-order valence-corrected chi connectivity index (χ1v) is 6.04. The van der Waals surface area contributed by atoms with Gasteiger partial charge in [0.05, 0.1) is 12.1 Å². The first kappa shape index (κ1) is 12.6. The Balaban J connectivity index is 2.26. The fourth-order valence-electron chi connectivity index (χ4n) is 1.86. The number of aromatic amines is 1. The van der Waals surface area contributed by atoms with Gasteiger partial charge in [-0.2, -0.15) is 0 Å². The van der Waals surface area contributed by atoms with Crippen molar-refractivity contribution in [3.8, 4) is 5.88 Å². The summed E-state index contributed by atoms with van der Waals surface area (Å²) in [5.74, 6) is 0.184. The summed E-state index contributed by atoms with van der Waals surface area (Å²) in [4.78, 5) is 9.39. The lowest BCUT2D eigenvalue weighted by atomic mass is 10.1. The van der Waals surface area contributed by atoms with Crippen LogP contribution in [0.15, 0.2) is 23.2 Å². The highest BCUT2D eigenvalue weighted by Gasteiger charge is 2.08. The first-order chi connectivity index (χ1) is 8.58. The molecule has 0 fully saturated rings. The number of rotatable bonds is 4. The van der Waals surface area contributed by atoms with Crippen LogP contribution in [0.25, 0.3) is 10.9 Å². The predicted molar refractivity (Wildman–Crippen MR) is 75.7 cm³/mol. The Bertz CT molecular complexity index is 570. The molecule has 0 aliphatic heterocycles. The summed E-state index contributed by atoms with van der Waals surface area (Å²) in [7, 11) is 4.03. The average Bonchev–Trinajstić information content (AvgIpc) is 2.60. The third-order valence-electron chi connectivity index (χ3n) is 2.87. The van der Waals surface area contributed by atoms with Gasteiger partial charge in [-0.25, -0.2) is 0 Å². The number of nitrogens with zero attached hydrogens (tertiary/aromatic N) is 2. The molecule has 2 N–H and O–H groups in total. The lowest BCUT2D eigenvalue weighted by Crippen LogP contribution is -2.15. The summed E-state index contributed by atoms with van der Waals surface area (Å²) in [5.41, 5.74) is 2.88. The molecule has 96 valence electrons. The molecule has 0 atom stereocenters. The van der Waals surface area contributed by atoms with E-state index in [-0.39, 0.29) is 5.88 Å². The SMILES string of the molecule is Cc1ccc2[nH]c(O)c(C=NCCN(C)C)c2c1. The van der Waals surface area contributed by atoms with Crippen molar-refractivity contribution in [1.29, 1.82) is 0 Å². The molecule has 0 unspecified atom stereocenters. The van der Waals surface area contributed by atoms with Gasteiger partial charge in [0.1, 0.15) is 0 Å². The van der Waals surface area contributed by atoms with Gasteiger partial charge >= 0.3 is 0 Å². The summed E-state index contributed by atoms with van der Waals surface area (Å²) >= 11 is 0. The molecule has 1 aromatic carbocycles. The highest BCUT2D eigenvalue weighted by Crippen LogP contribution is 2.26. The van der Waals surface area contributed by atoms with E-state index in [4.69, 9.17) is 0 Å². The normalized spacial score (nSPS) is 12.0. The topological polar surface area (TPSA) is 51.6 Å². The third kappa shape index (κ3) is 2.71. The van der Waals surface area contributed by atoms with Crippen molar-refractivity contribution in [2.24, 2.45) is 4.99 Å². The number of aryl methyl sites for hydroxylation is 1. The molecule has 2 aromatic rings. The zero-order valence-corrected chi connectivity index (χ0v) is 11.1. The molecule has 2 rings (SSSR count). The Kier molecular flexibility index (Phi) is 3.67. The number of aromatic nitrogens is 1. The fraction of sp³-hybridized carbons (Fsp3) is 0.357. The predicted octanol–water partition coefficient (Wildman–Crippen LogP) is 2.16. The second kappa shape index (κ2) is 5.23. The Morgan fingerprint density at radius 3 is 2.89 bits per heavy atom. The fourth-order valence-corrected chi connectivity index (χ4v) is 1.86. The van der Waals surface area contributed by atoms with Gasteiger partial charge in [0.25, 0.3) is 0 Å². The summed E-state index contributed by atoms with van der Waals surface area (Å²) in [6, 6.07) is 6.05. The van der Waals surface area contributed by atoms with E-state index in [0.29, 0.717) is 0 Å². The maximum Gasteiger partial charge on any atom is 0.198 e. The molecule has 0 saturated carbocycles. The molecular formula is C14H19N3O. The van der Waals surface area contributed by atoms with E-state index in [1.165, 1.54) is 5.56 Å². The molecule has 1 aromatic heterocycles. The van der Waals surface area contributed by atoms with Crippen LogP contribution in [0.1, 0.15) is 11.1 Å². The number of aromatic hydroxyl groups is 1. The molecule has 18 heavy (non-hydrogen) atoms. The largest absolute Gasteiger partial charge is 0.494 e. The van der Waals surface area contributed by atoms with Gasteiger partial charge in [0, 0.05) is 23.7 Å². The average molecular weight is 245 g/mol. The number of fused-ring (bicyclic) bond motifs is 1. The highest BCUT2D eigenvalue weighted by atomic mass is 16.3. The van der Waals surface area contributed by atoms with Crippen molar-refractivity contribution < 1.29 is 5.11 Å². The van der Waals surface area contributed by atoms with Crippen molar-refractivity contribution in [2.45, 2.75) is 6.92 Å². The Morgan fingerprint density at radius 2 is 2.17 bits per heavy atom. The number of nitrogens with one attached hydrogen (secondary N) is 1.